The number of para-hydroxylation sites is 1. The molecule has 20 heavy (non-hydrogen) atoms. The van der Waals surface area contributed by atoms with Crippen LogP contribution in [0.2, 0.25) is 0 Å². The maximum absolute atomic E-state index is 12.4. The second kappa shape index (κ2) is 4.69. The van der Waals surface area contributed by atoms with Crippen LogP contribution in [0.15, 0.2) is 24.3 Å². The normalized spacial score (nSPS) is 24.9. The van der Waals surface area contributed by atoms with Gasteiger partial charge in [-0.05, 0) is 34.7 Å². The predicted molar refractivity (Wildman–Crippen MR) is 81.2 cm³/mol. The summed E-state index contributed by atoms with van der Waals surface area (Å²) in [6.07, 6.45) is 0. The topological polar surface area (TPSA) is 74.8 Å². The maximum Gasteiger partial charge on any atom is 0.332 e. The zero-order valence-electron chi connectivity index (χ0n) is 10.3. The first kappa shape index (κ1) is 13.8. The first-order valence-electron chi connectivity index (χ1n) is 6.00. The monoisotopic (exact) mass is 406 g/mol. The summed E-state index contributed by atoms with van der Waals surface area (Å²) >= 11 is 2.05. The van der Waals surface area contributed by atoms with Gasteiger partial charge in [0.2, 0.25) is 0 Å². The van der Waals surface area contributed by atoms with Crippen LogP contribution in [0.25, 0.3) is 0 Å². The summed E-state index contributed by atoms with van der Waals surface area (Å²) in [5.74, 6) is -0.818. The molecule has 2 saturated heterocycles. The van der Waals surface area contributed by atoms with Crippen LogP contribution in [-0.4, -0.2) is 49.3 Å². The molecule has 3 rings (SSSR count). The fraction of sp³-hybridized carbons (Fsp3) is 0.333. The Bertz CT molecular complexity index is 703. The Balaban J connectivity index is 2.02. The maximum atomic E-state index is 12.4. The zero-order valence-corrected chi connectivity index (χ0v) is 13.3. The Kier molecular flexibility index (Phi) is 3.24. The molecule has 8 heteroatoms. The number of hydrogen-bond donors (Lipinski definition) is 0. The molecule has 1 aromatic carbocycles. The molecule has 2 aliphatic heterocycles. The number of rotatable bonds is 1. The van der Waals surface area contributed by atoms with Crippen LogP contribution in [0.5, 0.6) is 0 Å². The van der Waals surface area contributed by atoms with Crippen LogP contribution >= 0.6 is 22.6 Å². The standard InChI is InChI=1S/C12H11IN2O4S/c13-8-3-1-2-4-9(8)15-11(16)10-7-20(18,19)6-5-14(10)12(15)17/h1-4,10H,5-7H2/t10-/m0/s1. The smallest absolute Gasteiger partial charge is 0.310 e. The van der Waals surface area contributed by atoms with Gasteiger partial charge in [0.05, 0.1) is 17.2 Å². The van der Waals surface area contributed by atoms with Gasteiger partial charge in [-0.25, -0.2) is 18.1 Å². The lowest BCUT2D eigenvalue weighted by molar-refractivity contribution is -0.119. The van der Waals surface area contributed by atoms with E-state index in [1.54, 1.807) is 18.2 Å². The van der Waals surface area contributed by atoms with E-state index >= 15 is 0 Å². The number of halogens is 1. The molecule has 6 nitrogen and oxygen atoms in total. The van der Waals surface area contributed by atoms with Crippen molar-refractivity contribution in [3.63, 3.8) is 0 Å². The van der Waals surface area contributed by atoms with Crippen molar-refractivity contribution in [2.75, 3.05) is 23.0 Å². The van der Waals surface area contributed by atoms with Gasteiger partial charge in [-0.1, -0.05) is 12.1 Å². The van der Waals surface area contributed by atoms with E-state index in [9.17, 15) is 18.0 Å². The lowest BCUT2D eigenvalue weighted by Crippen LogP contribution is -2.48. The van der Waals surface area contributed by atoms with E-state index in [2.05, 4.69) is 0 Å². The summed E-state index contributed by atoms with van der Waals surface area (Å²) in [7, 11) is -3.25. The van der Waals surface area contributed by atoms with E-state index in [0.717, 1.165) is 8.47 Å². The SMILES string of the molecule is O=C1[C@@H]2CS(=O)(=O)CCN2C(=O)N1c1ccccc1I. The summed E-state index contributed by atoms with van der Waals surface area (Å²) in [5, 5.41) is 0. The van der Waals surface area contributed by atoms with Crippen molar-refractivity contribution >= 4 is 50.1 Å². The molecule has 1 atom stereocenters. The molecule has 0 unspecified atom stereocenters. The molecular formula is C12H11IN2O4S. The average Bonchev–Trinajstić information content (AvgIpc) is 2.61. The van der Waals surface area contributed by atoms with Gasteiger partial charge in [-0.15, -0.1) is 0 Å². The molecular weight excluding hydrogens is 395 g/mol. The number of carbonyl (C=O) groups excluding carboxylic acids is 2. The Hall–Kier alpha value is -1.16. The fourth-order valence-electron chi connectivity index (χ4n) is 2.47. The third kappa shape index (κ3) is 2.10. The number of carbonyl (C=O) groups is 2. The molecule has 0 aromatic heterocycles. The molecule has 2 fully saturated rings. The second-order valence-corrected chi connectivity index (χ2v) is 8.12. The van der Waals surface area contributed by atoms with Crippen molar-refractivity contribution < 1.29 is 18.0 Å². The number of benzene rings is 1. The van der Waals surface area contributed by atoms with E-state index in [1.165, 1.54) is 4.90 Å². The molecule has 0 saturated carbocycles. The molecule has 2 heterocycles. The lowest BCUT2D eigenvalue weighted by Gasteiger charge is -2.26. The molecule has 2 aliphatic rings. The molecule has 0 spiro atoms. The Morgan fingerprint density at radius 2 is 1.90 bits per heavy atom. The number of fused-ring (bicyclic) bond motifs is 1. The van der Waals surface area contributed by atoms with Gasteiger partial charge in [-0.3, -0.25) is 4.79 Å². The zero-order chi connectivity index (χ0) is 14.5. The fourth-order valence-corrected chi connectivity index (χ4v) is 4.54. The molecule has 0 bridgehead atoms. The average molecular weight is 406 g/mol. The Morgan fingerprint density at radius 3 is 2.60 bits per heavy atom. The van der Waals surface area contributed by atoms with E-state index in [1.807, 2.05) is 28.7 Å². The number of urea groups is 1. The molecule has 0 N–H and O–H groups in total. The highest BCUT2D eigenvalue weighted by molar-refractivity contribution is 14.1. The van der Waals surface area contributed by atoms with Gasteiger partial charge in [0.1, 0.15) is 6.04 Å². The van der Waals surface area contributed by atoms with Crippen LogP contribution in [0.3, 0.4) is 0 Å². The molecule has 0 aliphatic carbocycles. The van der Waals surface area contributed by atoms with E-state index in [4.69, 9.17) is 0 Å². The van der Waals surface area contributed by atoms with Crippen molar-refractivity contribution in [3.05, 3.63) is 27.8 Å². The molecule has 106 valence electrons. The largest absolute Gasteiger partial charge is 0.332 e. The minimum atomic E-state index is -3.25. The number of anilines is 1. The summed E-state index contributed by atoms with van der Waals surface area (Å²) in [5.41, 5.74) is 0.509. The lowest BCUT2D eigenvalue weighted by atomic mass is 10.2. The Morgan fingerprint density at radius 1 is 1.20 bits per heavy atom. The minimum absolute atomic E-state index is 0.0808. The van der Waals surface area contributed by atoms with Gasteiger partial charge >= 0.3 is 6.03 Å². The van der Waals surface area contributed by atoms with Crippen LogP contribution in [-0.2, 0) is 14.6 Å². The van der Waals surface area contributed by atoms with Crippen molar-refractivity contribution in [1.29, 1.82) is 0 Å². The molecule has 3 amide bonds. The van der Waals surface area contributed by atoms with Gasteiger partial charge in [0.25, 0.3) is 5.91 Å². The van der Waals surface area contributed by atoms with E-state index < -0.39 is 27.8 Å². The Labute approximate surface area is 129 Å². The summed E-state index contributed by atoms with van der Waals surface area (Å²) in [6.45, 7) is 0.0808. The third-order valence-corrected chi connectivity index (χ3v) is 6.01. The number of sulfone groups is 1. The van der Waals surface area contributed by atoms with Crippen LogP contribution in [0.4, 0.5) is 10.5 Å². The second-order valence-electron chi connectivity index (χ2n) is 4.73. The van der Waals surface area contributed by atoms with E-state index in [-0.39, 0.29) is 18.1 Å². The van der Waals surface area contributed by atoms with Crippen molar-refractivity contribution in [3.8, 4) is 0 Å². The van der Waals surface area contributed by atoms with Crippen LogP contribution < -0.4 is 4.90 Å². The van der Waals surface area contributed by atoms with Gasteiger partial charge in [0.15, 0.2) is 9.84 Å². The number of imide groups is 1. The third-order valence-electron chi connectivity index (χ3n) is 3.47. The van der Waals surface area contributed by atoms with Crippen LogP contribution in [0, 0.1) is 3.57 Å². The van der Waals surface area contributed by atoms with Crippen molar-refractivity contribution in [2.45, 2.75) is 6.04 Å². The quantitative estimate of drug-likeness (QED) is 0.512. The van der Waals surface area contributed by atoms with Crippen LogP contribution in [0.1, 0.15) is 0 Å². The highest BCUT2D eigenvalue weighted by atomic mass is 127. The highest BCUT2D eigenvalue weighted by Crippen LogP contribution is 2.31. The van der Waals surface area contributed by atoms with Crippen molar-refractivity contribution in [2.24, 2.45) is 0 Å². The van der Waals surface area contributed by atoms with Crippen molar-refractivity contribution in [1.82, 2.24) is 4.90 Å². The number of amides is 3. The van der Waals surface area contributed by atoms with E-state index in [0.29, 0.717) is 5.69 Å². The van der Waals surface area contributed by atoms with Gasteiger partial charge in [-0.2, -0.15) is 0 Å². The van der Waals surface area contributed by atoms with Gasteiger partial charge < -0.3 is 4.90 Å². The highest BCUT2D eigenvalue weighted by Gasteiger charge is 2.50. The predicted octanol–water partition coefficient (Wildman–Crippen LogP) is 0.857. The summed E-state index contributed by atoms with van der Waals surface area (Å²) in [4.78, 5) is 27.2. The molecule has 1 aromatic rings. The number of hydrogen-bond acceptors (Lipinski definition) is 4. The summed E-state index contributed by atoms with van der Waals surface area (Å²) in [6, 6.07) is 5.73. The first-order chi connectivity index (χ1) is 9.41. The minimum Gasteiger partial charge on any atom is -0.310 e. The molecule has 0 radical (unpaired) electrons. The summed E-state index contributed by atoms with van der Waals surface area (Å²) < 4.78 is 24.1. The number of nitrogens with zero attached hydrogens (tertiary/aromatic N) is 2. The first-order valence-corrected chi connectivity index (χ1v) is 8.90. The van der Waals surface area contributed by atoms with Gasteiger partial charge in [0, 0.05) is 10.1 Å².